The van der Waals surface area contributed by atoms with Gasteiger partial charge in [0.15, 0.2) is 18.1 Å². The molecule has 4 rings (SSSR count). The molecule has 2 aliphatic rings. The van der Waals surface area contributed by atoms with E-state index in [4.69, 9.17) is 14.2 Å². The van der Waals surface area contributed by atoms with Gasteiger partial charge in [0.05, 0.1) is 0 Å². The second kappa shape index (κ2) is 8.17. The molecule has 0 saturated carbocycles. The highest BCUT2D eigenvalue weighted by atomic mass is 16.6. The van der Waals surface area contributed by atoms with Crippen LogP contribution >= 0.6 is 0 Å². The summed E-state index contributed by atoms with van der Waals surface area (Å²) in [5.41, 5.74) is 2.84. The fraction of sp³-hybridized carbons (Fsp3) is 0.273. The Morgan fingerprint density at radius 1 is 1.07 bits per heavy atom. The quantitative estimate of drug-likeness (QED) is 0.604. The molecule has 28 heavy (non-hydrogen) atoms. The minimum atomic E-state index is -0.562. The Hall–Kier alpha value is -3.28. The summed E-state index contributed by atoms with van der Waals surface area (Å²) in [6.07, 6.45) is 4.79. The van der Waals surface area contributed by atoms with Crippen molar-refractivity contribution < 1.29 is 23.8 Å². The van der Waals surface area contributed by atoms with E-state index in [-0.39, 0.29) is 12.5 Å². The van der Waals surface area contributed by atoms with E-state index >= 15 is 0 Å². The number of para-hydroxylation sites is 1. The largest absolute Gasteiger partial charge is 0.486 e. The molecule has 2 aromatic rings. The first-order valence-corrected chi connectivity index (χ1v) is 9.33. The summed E-state index contributed by atoms with van der Waals surface area (Å²) in [5, 5.41) is 0. The van der Waals surface area contributed by atoms with Crippen LogP contribution in [0.5, 0.6) is 11.5 Å². The van der Waals surface area contributed by atoms with Crippen molar-refractivity contribution >= 4 is 23.6 Å². The van der Waals surface area contributed by atoms with Crippen molar-refractivity contribution in [3.8, 4) is 11.5 Å². The summed E-state index contributed by atoms with van der Waals surface area (Å²) in [5.74, 6) is 0.570. The predicted molar refractivity (Wildman–Crippen MR) is 105 cm³/mol. The Balaban J connectivity index is 1.33. The molecule has 0 saturated heterocycles. The molecular weight excluding hydrogens is 358 g/mol. The SMILES string of the molecule is O=C(/C=C/c1ccc2c(c1)OCCO2)OCC(=O)N1CCCc2ccccc21. The second-order valence-electron chi connectivity index (χ2n) is 6.62. The molecule has 0 bridgehead atoms. The van der Waals surface area contributed by atoms with Gasteiger partial charge in [-0.2, -0.15) is 0 Å². The van der Waals surface area contributed by atoms with Gasteiger partial charge in [-0.1, -0.05) is 24.3 Å². The zero-order valence-electron chi connectivity index (χ0n) is 15.4. The fourth-order valence-corrected chi connectivity index (χ4v) is 3.38. The third kappa shape index (κ3) is 4.01. The lowest BCUT2D eigenvalue weighted by Gasteiger charge is -2.29. The molecule has 2 heterocycles. The summed E-state index contributed by atoms with van der Waals surface area (Å²) in [7, 11) is 0. The lowest BCUT2D eigenvalue weighted by Crippen LogP contribution is -2.38. The molecule has 0 radical (unpaired) electrons. The van der Waals surface area contributed by atoms with E-state index in [1.165, 1.54) is 6.08 Å². The molecule has 2 aromatic carbocycles. The zero-order chi connectivity index (χ0) is 19.3. The highest BCUT2D eigenvalue weighted by molar-refractivity contribution is 5.97. The van der Waals surface area contributed by atoms with Gasteiger partial charge in [0.25, 0.3) is 5.91 Å². The van der Waals surface area contributed by atoms with E-state index in [1.807, 2.05) is 30.3 Å². The van der Waals surface area contributed by atoms with Crippen molar-refractivity contribution in [2.75, 3.05) is 31.3 Å². The maximum atomic E-state index is 12.5. The minimum absolute atomic E-state index is 0.215. The van der Waals surface area contributed by atoms with E-state index < -0.39 is 5.97 Å². The van der Waals surface area contributed by atoms with Gasteiger partial charge < -0.3 is 19.1 Å². The van der Waals surface area contributed by atoms with Crippen molar-refractivity contribution in [3.05, 3.63) is 59.7 Å². The van der Waals surface area contributed by atoms with Gasteiger partial charge in [-0.3, -0.25) is 4.79 Å². The number of rotatable bonds is 4. The molecule has 0 atom stereocenters. The van der Waals surface area contributed by atoms with Crippen LogP contribution in [0.2, 0.25) is 0 Å². The topological polar surface area (TPSA) is 65.1 Å². The van der Waals surface area contributed by atoms with Gasteiger partial charge in [-0.05, 0) is 48.2 Å². The van der Waals surface area contributed by atoms with Gasteiger partial charge in [-0.15, -0.1) is 0 Å². The first kappa shape index (κ1) is 18.1. The Morgan fingerprint density at radius 2 is 1.89 bits per heavy atom. The van der Waals surface area contributed by atoms with Crippen LogP contribution in [0.25, 0.3) is 6.08 Å². The Bertz CT molecular complexity index is 921. The molecule has 0 N–H and O–H groups in total. The van der Waals surface area contributed by atoms with Crippen molar-refractivity contribution in [1.82, 2.24) is 0 Å². The molecule has 0 unspecified atom stereocenters. The smallest absolute Gasteiger partial charge is 0.331 e. The van der Waals surface area contributed by atoms with Crippen LogP contribution in [-0.2, 0) is 20.7 Å². The number of nitrogens with zero attached hydrogens (tertiary/aromatic N) is 1. The minimum Gasteiger partial charge on any atom is -0.486 e. The van der Waals surface area contributed by atoms with E-state index in [9.17, 15) is 9.59 Å². The summed E-state index contributed by atoms with van der Waals surface area (Å²) < 4.78 is 16.1. The molecule has 0 fully saturated rings. The molecule has 0 spiro atoms. The van der Waals surface area contributed by atoms with Crippen molar-refractivity contribution in [2.45, 2.75) is 12.8 Å². The molecule has 2 aliphatic heterocycles. The van der Waals surface area contributed by atoms with Gasteiger partial charge in [0, 0.05) is 18.3 Å². The summed E-state index contributed by atoms with van der Waals surface area (Å²) in [4.78, 5) is 26.2. The number of amides is 1. The average molecular weight is 379 g/mol. The van der Waals surface area contributed by atoms with Gasteiger partial charge in [0.1, 0.15) is 13.2 Å². The summed E-state index contributed by atoms with van der Waals surface area (Å²) in [6, 6.07) is 13.3. The van der Waals surface area contributed by atoms with Crippen LogP contribution in [0.4, 0.5) is 5.69 Å². The number of fused-ring (bicyclic) bond motifs is 2. The van der Waals surface area contributed by atoms with E-state index in [2.05, 4.69) is 0 Å². The molecule has 6 heteroatoms. The van der Waals surface area contributed by atoms with E-state index in [1.54, 1.807) is 23.1 Å². The average Bonchev–Trinajstić information content (AvgIpc) is 2.75. The molecule has 6 nitrogen and oxygen atoms in total. The van der Waals surface area contributed by atoms with Crippen LogP contribution in [0.1, 0.15) is 17.5 Å². The Labute approximate surface area is 163 Å². The third-order valence-electron chi connectivity index (χ3n) is 4.73. The van der Waals surface area contributed by atoms with Crippen LogP contribution < -0.4 is 14.4 Å². The summed E-state index contributed by atoms with van der Waals surface area (Å²) >= 11 is 0. The Kier molecular flexibility index (Phi) is 5.28. The summed E-state index contributed by atoms with van der Waals surface area (Å²) in [6.45, 7) is 1.40. The number of anilines is 1. The van der Waals surface area contributed by atoms with Gasteiger partial charge in [0.2, 0.25) is 0 Å². The first-order chi connectivity index (χ1) is 13.7. The normalized spacial score (nSPS) is 15.2. The molecule has 1 amide bonds. The van der Waals surface area contributed by atoms with E-state index in [0.717, 1.165) is 29.7 Å². The number of ether oxygens (including phenoxy) is 3. The second-order valence-corrected chi connectivity index (χ2v) is 6.62. The predicted octanol–water partition coefficient (Wildman–Crippen LogP) is 2.99. The molecule has 0 aliphatic carbocycles. The van der Waals surface area contributed by atoms with Crippen molar-refractivity contribution in [3.63, 3.8) is 0 Å². The van der Waals surface area contributed by atoms with Crippen LogP contribution in [0, 0.1) is 0 Å². The fourth-order valence-electron chi connectivity index (χ4n) is 3.38. The maximum Gasteiger partial charge on any atom is 0.331 e. The Morgan fingerprint density at radius 3 is 2.79 bits per heavy atom. The third-order valence-corrected chi connectivity index (χ3v) is 4.73. The van der Waals surface area contributed by atoms with Crippen LogP contribution in [-0.4, -0.2) is 38.2 Å². The van der Waals surface area contributed by atoms with Crippen molar-refractivity contribution in [1.29, 1.82) is 0 Å². The lowest BCUT2D eigenvalue weighted by molar-refractivity contribution is -0.142. The highest BCUT2D eigenvalue weighted by Gasteiger charge is 2.22. The monoisotopic (exact) mass is 379 g/mol. The number of hydrogen-bond acceptors (Lipinski definition) is 5. The number of carbonyl (C=O) groups is 2. The lowest BCUT2D eigenvalue weighted by atomic mass is 10.0. The number of hydrogen-bond donors (Lipinski definition) is 0. The maximum absolute atomic E-state index is 12.5. The van der Waals surface area contributed by atoms with Crippen molar-refractivity contribution in [2.24, 2.45) is 0 Å². The number of benzene rings is 2. The number of esters is 1. The van der Waals surface area contributed by atoms with Gasteiger partial charge >= 0.3 is 5.97 Å². The molecular formula is C22H21NO5. The van der Waals surface area contributed by atoms with Gasteiger partial charge in [-0.25, -0.2) is 4.79 Å². The molecule has 144 valence electrons. The number of aryl methyl sites for hydroxylation is 1. The first-order valence-electron chi connectivity index (χ1n) is 9.33. The highest BCUT2D eigenvalue weighted by Crippen LogP contribution is 2.31. The van der Waals surface area contributed by atoms with Crippen LogP contribution in [0.15, 0.2) is 48.5 Å². The standard InChI is InChI=1S/C22H21NO5/c24-21(23-11-3-5-17-4-1-2-6-18(17)23)15-28-22(25)10-8-16-7-9-19-20(14-16)27-13-12-26-19/h1-2,4,6-10,14H,3,5,11-13,15H2/b10-8+. The van der Waals surface area contributed by atoms with E-state index in [0.29, 0.717) is 31.3 Å². The molecule has 0 aromatic heterocycles. The zero-order valence-corrected chi connectivity index (χ0v) is 15.4. The number of carbonyl (C=O) groups excluding carboxylic acids is 2. The van der Waals surface area contributed by atoms with Crippen LogP contribution in [0.3, 0.4) is 0 Å².